The molecule has 0 aromatic heterocycles. The molecule has 0 bridgehead atoms. The molecule has 2 rings (SSSR count). The fourth-order valence-corrected chi connectivity index (χ4v) is 1.92. The molecule has 0 aliphatic rings. The van der Waals surface area contributed by atoms with Gasteiger partial charge in [0.1, 0.15) is 18.1 Å². The molecule has 0 spiro atoms. The Labute approximate surface area is 173 Å². The molecule has 0 radical (unpaired) electrons. The van der Waals surface area contributed by atoms with Gasteiger partial charge in [-0.3, -0.25) is 4.79 Å². The second-order valence-electron chi connectivity index (χ2n) is 6.38. The molecular formula is C20H22Cl2O6. The summed E-state index contributed by atoms with van der Waals surface area (Å²) in [7, 11) is 0. The maximum absolute atomic E-state index is 10.7. The summed E-state index contributed by atoms with van der Waals surface area (Å²) in [6.07, 6.45) is 0. The summed E-state index contributed by atoms with van der Waals surface area (Å²) in [5.74, 6) is -1.26. The van der Waals surface area contributed by atoms with Crippen LogP contribution in [0.1, 0.15) is 20.8 Å². The molecule has 2 aromatic rings. The molecule has 0 saturated carbocycles. The second kappa shape index (κ2) is 10.8. The standard InChI is InChI=1S/2C10H11ClO3/c1-10(2,9(12)13)14-8-5-3-7(11)4-6-8;1-7(10(12)13)6-14-9-4-2-8(11)3-5-9/h3-6H,1-2H3,(H,12,13);2-5,7H,6H2,1H3,(H,12,13). The van der Waals surface area contributed by atoms with Crippen molar-refractivity contribution in [1.29, 1.82) is 0 Å². The number of carboxylic acid groups (broad SMARTS) is 2. The average Bonchev–Trinajstić information content (AvgIpc) is 2.63. The fourth-order valence-electron chi connectivity index (χ4n) is 1.66. The fraction of sp³-hybridized carbons (Fsp3) is 0.300. The van der Waals surface area contributed by atoms with E-state index in [1.807, 2.05) is 0 Å². The van der Waals surface area contributed by atoms with Gasteiger partial charge in [0.2, 0.25) is 0 Å². The third-order valence-corrected chi connectivity index (χ3v) is 3.94. The Kier molecular flexibility index (Phi) is 9.09. The first-order valence-electron chi connectivity index (χ1n) is 8.30. The van der Waals surface area contributed by atoms with Crippen LogP contribution in [0.3, 0.4) is 0 Å². The number of benzene rings is 2. The Balaban J connectivity index is 0.000000280. The predicted octanol–water partition coefficient (Wildman–Crippen LogP) is 5.02. The van der Waals surface area contributed by atoms with E-state index in [4.69, 9.17) is 42.9 Å². The Morgan fingerprint density at radius 2 is 1.36 bits per heavy atom. The topological polar surface area (TPSA) is 93.1 Å². The van der Waals surface area contributed by atoms with E-state index in [1.165, 1.54) is 13.8 Å². The maximum Gasteiger partial charge on any atom is 0.347 e. The number of rotatable bonds is 7. The smallest absolute Gasteiger partial charge is 0.347 e. The van der Waals surface area contributed by atoms with Crippen molar-refractivity contribution < 1.29 is 29.3 Å². The molecule has 0 aliphatic heterocycles. The van der Waals surface area contributed by atoms with Crippen molar-refractivity contribution >= 4 is 35.1 Å². The summed E-state index contributed by atoms with van der Waals surface area (Å²) in [6.45, 7) is 4.74. The lowest BCUT2D eigenvalue weighted by atomic mass is 10.1. The number of hydrogen-bond donors (Lipinski definition) is 2. The average molecular weight is 429 g/mol. The van der Waals surface area contributed by atoms with Crippen LogP contribution < -0.4 is 9.47 Å². The number of carbonyl (C=O) groups is 2. The number of aliphatic carboxylic acids is 2. The van der Waals surface area contributed by atoms with Gasteiger partial charge in [-0.15, -0.1) is 0 Å². The van der Waals surface area contributed by atoms with Gasteiger partial charge >= 0.3 is 11.9 Å². The van der Waals surface area contributed by atoms with Crippen LogP contribution in [-0.4, -0.2) is 34.4 Å². The van der Waals surface area contributed by atoms with Crippen molar-refractivity contribution in [2.24, 2.45) is 5.92 Å². The van der Waals surface area contributed by atoms with Crippen molar-refractivity contribution in [3.8, 4) is 11.5 Å². The highest BCUT2D eigenvalue weighted by atomic mass is 35.5. The number of carboxylic acids is 2. The van der Waals surface area contributed by atoms with Crippen molar-refractivity contribution in [3.63, 3.8) is 0 Å². The van der Waals surface area contributed by atoms with Gasteiger partial charge in [-0.2, -0.15) is 0 Å². The maximum atomic E-state index is 10.7. The highest BCUT2D eigenvalue weighted by Gasteiger charge is 2.29. The molecule has 0 fully saturated rings. The molecule has 6 nitrogen and oxygen atoms in total. The van der Waals surface area contributed by atoms with E-state index >= 15 is 0 Å². The molecule has 2 N–H and O–H groups in total. The van der Waals surface area contributed by atoms with E-state index in [0.717, 1.165) is 0 Å². The Morgan fingerprint density at radius 1 is 0.929 bits per heavy atom. The van der Waals surface area contributed by atoms with Gasteiger partial charge in [-0.1, -0.05) is 23.2 Å². The van der Waals surface area contributed by atoms with Crippen molar-refractivity contribution in [1.82, 2.24) is 0 Å². The van der Waals surface area contributed by atoms with Crippen LogP contribution in [0.25, 0.3) is 0 Å². The molecule has 152 valence electrons. The molecule has 8 heteroatoms. The first-order chi connectivity index (χ1) is 13.0. The largest absolute Gasteiger partial charge is 0.493 e. The summed E-state index contributed by atoms with van der Waals surface area (Å²) in [6, 6.07) is 13.4. The second-order valence-corrected chi connectivity index (χ2v) is 7.25. The Hall–Kier alpha value is -2.44. The predicted molar refractivity (Wildman–Crippen MR) is 108 cm³/mol. The summed E-state index contributed by atoms with van der Waals surface area (Å²) in [5, 5.41) is 18.6. The molecule has 2 aromatic carbocycles. The van der Waals surface area contributed by atoms with E-state index < -0.39 is 23.5 Å². The van der Waals surface area contributed by atoms with E-state index in [0.29, 0.717) is 21.5 Å². The molecule has 0 aliphatic carbocycles. The van der Waals surface area contributed by atoms with E-state index in [2.05, 4.69) is 0 Å². The molecule has 0 saturated heterocycles. The normalized spacial score (nSPS) is 11.6. The first-order valence-corrected chi connectivity index (χ1v) is 9.06. The lowest BCUT2D eigenvalue weighted by Crippen LogP contribution is -2.37. The van der Waals surface area contributed by atoms with Crippen LogP contribution in [0.2, 0.25) is 10.0 Å². The van der Waals surface area contributed by atoms with Gasteiger partial charge < -0.3 is 19.7 Å². The minimum Gasteiger partial charge on any atom is -0.493 e. The van der Waals surface area contributed by atoms with E-state index in [-0.39, 0.29) is 6.61 Å². The minimum atomic E-state index is -1.23. The van der Waals surface area contributed by atoms with Crippen LogP contribution >= 0.6 is 23.2 Å². The highest BCUT2D eigenvalue weighted by molar-refractivity contribution is 6.30. The summed E-state index contributed by atoms with van der Waals surface area (Å²) >= 11 is 11.3. The Morgan fingerprint density at radius 3 is 1.75 bits per heavy atom. The van der Waals surface area contributed by atoms with Crippen LogP contribution in [-0.2, 0) is 9.59 Å². The van der Waals surface area contributed by atoms with E-state index in [1.54, 1.807) is 55.5 Å². The van der Waals surface area contributed by atoms with Crippen molar-refractivity contribution in [2.75, 3.05) is 6.61 Å². The SMILES string of the molecule is CC(C)(Oc1ccc(Cl)cc1)C(=O)O.CC(COc1ccc(Cl)cc1)C(=O)O. The monoisotopic (exact) mass is 428 g/mol. The third-order valence-electron chi connectivity index (χ3n) is 3.44. The third kappa shape index (κ3) is 8.50. The van der Waals surface area contributed by atoms with Gasteiger partial charge in [0, 0.05) is 10.0 Å². The summed E-state index contributed by atoms with van der Waals surface area (Å²) in [4.78, 5) is 21.2. The molecule has 1 atom stereocenters. The van der Waals surface area contributed by atoms with Crippen LogP contribution in [0, 0.1) is 5.92 Å². The zero-order valence-corrected chi connectivity index (χ0v) is 17.2. The van der Waals surface area contributed by atoms with Crippen LogP contribution in [0.4, 0.5) is 0 Å². The molecule has 0 amide bonds. The molecule has 1 unspecified atom stereocenters. The summed E-state index contributed by atoms with van der Waals surface area (Å²) in [5.41, 5.74) is -1.23. The van der Waals surface area contributed by atoms with Crippen LogP contribution in [0.15, 0.2) is 48.5 Å². The number of ether oxygens (including phenoxy) is 2. The lowest BCUT2D eigenvalue weighted by Gasteiger charge is -2.21. The number of hydrogen-bond acceptors (Lipinski definition) is 4. The molecular weight excluding hydrogens is 407 g/mol. The van der Waals surface area contributed by atoms with Crippen molar-refractivity contribution in [2.45, 2.75) is 26.4 Å². The highest BCUT2D eigenvalue weighted by Crippen LogP contribution is 2.20. The number of halogens is 2. The van der Waals surface area contributed by atoms with Gasteiger partial charge in [0.25, 0.3) is 0 Å². The van der Waals surface area contributed by atoms with E-state index in [9.17, 15) is 9.59 Å². The minimum absolute atomic E-state index is 0.164. The summed E-state index contributed by atoms with van der Waals surface area (Å²) < 4.78 is 10.5. The lowest BCUT2D eigenvalue weighted by molar-refractivity contribution is -0.152. The zero-order valence-electron chi connectivity index (χ0n) is 15.7. The van der Waals surface area contributed by atoms with Gasteiger partial charge in [0.15, 0.2) is 5.60 Å². The Bertz CT molecular complexity index is 772. The quantitative estimate of drug-likeness (QED) is 0.642. The molecule has 0 heterocycles. The van der Waals surface area contributed by atoms with Gasteiger partial charge in [-0.25, -0.2) is 4.79 Å². The first kappa shape index (κ1) is 23.6. The van der Waals surface area contributed by atoms with Crippen LogP contribution in [0.5, 0.6) is 11.5 Å². The zero-order chi connectivity index (χ0) is 21.3. The molecule has 28 heavy (non-hydrogen) atoms. The van der Waals surface area contributed by atoms with Gasteiger partial charge in [-0.05, 0) is 69.3 Å². The van der Waals surface area contributed by atoms with Crippen molar-refractivity contribution in [3.05, 3.63) is 58.6 Å². The van der Waals surface area contributed by atoms with Gasteiger partial charge in [0.05, 0.1) is 5.92 Å².